The normalized spacial score (nSPS) is 31.3. The van der Waals surface area contributed by atoms with Crippen LogP contribution in [0.1, 0.15) is 13.3 Å². The molecular formula is C5H11NSe. The standard InChI is InChI=1S/C5H11NSe/c1-2-5-6-3-4-7-5/h5-6H,2-4H2,1H3. The van der Waals surface area contributed by atoms with Crippen LogP contribution in [0.3, 0.4) is 0 Å². The van der Waals surface area contributed by atoms with E-state index in [1.54, 1.807) is 0 Å². The monoisotopic (exact) mass is 165 g/mol. The van der Waals surface area contributed by atoms with Crippen LogP contribution in [-0.4, -0.2) is 26.4 Å². The number of hydrogen-bond acceptors (Lipinski definition) is 1. The summed E-state index contributed by atoms with van der Waals surface area (Å²) in [6.45, 7) is 3.53. The molecule has 0 spiro atoms. The molecule has 0 aliphatic carbocycles. The Bertz CT molecular complexity index is 50.0. The average Bonchev–Trinajstić information content (AvgIpc) is 2.14. The average molecular weight is 164 g/mol. The Kier molecular flexibility index (Phi) is 2.17. The van der Waals surface area contributed by atoms with Crippen LogP contribution in [0.4, 0.5) is 0 Å². The van der Waals surface area contributed by atoms with Gasteiger partial charge in [0.25, 0.3) is 0 Å². The van der Waals surface area contributed by atoms with Gasteiger partial charge in [-0.1, -0.05) is 0 Å². The zero-order chi connectivity index (χ0) is 5.11. The van der Waals surface area contributed by atoms with Crippen LogP contribution < -0.4 is 5.32 Å². The van der Waals surface area contributed by atoms with Gasteiger partial charge in [0.1, 0.15) is 0 Å². The summed E-state index contributed by atoms with van der Waals surface area (Å²) in [7, 11) is 0. The Morgan fingerprint density at radius 2 is 2.71 bits per heavy atom. The van der Waals surface area contributed by atoms with E-state index in [-0.39, 0.29) is 0 Å². The number of hydrogen-bond donors (Lipinski definition) is 1. The van der Waals surface area contributed by atoms with Gasteiger partial charge in [-0.15, -0.1) is 0 Å². The van der Waals surface area contributed by atoms with E-state index in [0.29, 0.717) is 0 Å². The maximum absolute atomic E-state index is 3.43. The second-order valence-electron chi connectivity index (χ2n) is 1.72. The summed E-state index contributed by atoms with van der Waals surface area (Å²) in [6, 6.07) is 0. The van der Waals surface area contributed by atoms with Crippen molar-refractivity contribution in [2.45, 2.75) is 23.6 Å². The molecule has 0 aromatic carbocycles. The SMILES string of the molecule is CCC1NCC[Se]1. The number of nitrogens with one attached hydrogen (secondary N) is 1. The van der Waals surface area contributed by atoms with Crippen LogP contribution in [0.25, 0.3) is 0 Å². The van der Waals surface area contributed by atoms with Gasteiger partial charge < -0.3 is 0 Å². The zero-order valence-corrected chi connectivity index (χ0v) is 6.32. The van der Waals surface area contributed by atoms with Crippen molar-refractivity contribution in [1.82, 2.24) is 5.32 Å². The topological polar surface area (TPSA) is 12.0 Å². The predicted octanol–water partition coefficient (Wildman–Crippen LogP) is 0.448. The van der Waals surface area contributed by atoms with E-state index in [1.807, 2.05) is 0 Å². The van der Waals surface area contributed by atoms with Gasteiger partial charge in [-0.3, -0.25) is 0 Å². The summed E-state index contributed by atoms with van der Waals surface area (Å²) in [6.07, 6.45) is 1.33. The van der Waals surface area contributed by atoms with E-state index < -0.39 is 0 Å². The summed E-state index contributed by atoms with van der Waals surface area (Å²) >= 11 is 0.925. The molecule has 0 aromatic rings. The van der Waals surface area contributed by atoms with E-state index in [9.17, 15) is 0 Å². The van der Waals surface area contributed by atoms with E-state index in [0.717, 1.165) is 19.9 Å². The first-order valence-corrected chi connectivity index (χ1v) is 4.98. The minimum atomic E-state index is 0.910. The molecule has 1 fully saturated rings. The molecule has 0 aromatic heterocycles. The van der Waals surface area contributed by atoms with Crippen LogP contribution in [0.5, 0.6) is 0 Å². The number of rotatable bonds is 1. The quantitative estimate of drug-likeness (QED) is 0.555. The van der Waals surface area contributed by atoms with Crippen molar-refractivity contribution in [3.63, 3.8) is 0 Å². The fourth-order valence-electron chi connectivity index (χ4n) is 0.742. The van der Waals surface area contributed by atoms with Gasteiger partial charge in [-0.25, -0.2) is 0 Å². The van der Waals surface area contributed by atoms with Gasteiger partial charge in [0.05, 0.1) is 0 Å². The van der Waals surface area contributed by atoms with Crippen LogP contribution in [-0.2, 0) is 0 Å². The summed E-state index contributed by atoms with van der Waals surface area (Å²) in [5, 5.41) is 4.88. The molecular weight excluding hydrogens is 153 g/mol. The fraction of sp³-hybridized carbons (Fsp3) is 1.00. The summed E-state index contributed by atoms with van der Waals surface area (Å²) in [5.74, 6) is 0. The Balaban J connectivity index is 2.14. The molecule has 0 amide bonds. The second-order valence-corrected chi connectivity index (χ2v) is 4.47. The van der Waals surface area contributed by atoms with Crippen molar-refractivity contribution >= 4 is 15.0 Å². The van der Waals surface area contributed by atoms with E-state index in [2.05, 4.69) is 12.2 Å². The predicted molar refractivity (Wildman–Crippen MR) is 32.6 cm³/mol. The van der Waals surface area contributed by atoms with Crippen LogP contribution in [0, 0.1) is 0 Å². The molecule has 1 rings (SSSR count). The molecule has 7 heavy (non-hydrogen) atoms. The van der Waals surface area contributed by atoms with Crippen LogP contribution >= 0.6 is 0 Å². The zero-order valence-electron chi connectivity index (χ0n) is 4.61. The van der Waals surface area contributed by atoms with Crippen molar-refractivity contribution in [2.24, 2.45) is 0 Å². The molecule has 1 aliphatic rings. The summed E-state index contributed by atoms with van der Waals surface area (Å²) in [4.78, 5) is 0.910. The van der Waals surface area contributed by atoms with E-state index in [4.69, 9.17) is 0 Å². The molecule has 42 valence electrons. The molecule has 1 aliphatic heterocycles. The van der Waals surface area contributed by atoms with Crippen LogP contribution in [0.15, 0.2) is 0 Å². The van der Waals surface area contributed by atoms with Crippen LogP contribution in [0.2, 0.25) is 5.32 Å². The first-order chi connectivity index (χ1) is 3.43. The first-order valence-electron chi connectivity index (χ1n) is 2.78. The summed E-state index contributed by atoms with van der Waals surface area (Å²) in [5.41, 5.74) is 0. The van der Waals surface area contributed by atoms with Crippen molar-refractivity contribution in [3.05, 3.63) is 0 Å². The summed E-state index contributed by atoms with van der Waals surface area (Å²) < 4.78 is 0. The van der Waals surface area contributed by atoms with Gasteiger partial charge >= 0.3 is 50.4 Å². The minimum absolute atomic E-state index is 0.910. The molecule has 1 atom stereocenters. The molecule has 2 heteroatoms. The molecule has 1 unspecified atom stereocenters. The van der Waals surface area contributed by atoms with Gasteiger partial charge in [-0.05, 0) is 0 Å². The molecule has 1 heterocycles. The molecule has 0 saturated carbocycles. The van der Waals surface area contributed by atoms with Crippen molar-refractivity contribution in [3.8, 4) is 0 Å². The Hall–Kier alpha value is 0.479. The maximum atomic E-state index is 3.43. The third-order valence-electron chi connectivity index (χ3n) is 1.16. The third kappa shape index (κ3) is 1.45. The first kappa shape index (κ1) is 5.61. The second kappa shape index (κ2) is 2.71. The fourth-order valence-corrected chi connectivity index (χ4v) is 2.82. The van der Waals surface area contributed by atoms with Crippen molar-refractivity contribution in [2.75, 3.05) is 6.54 Å². The van der Waals surface area contributed by atoms with Crippen molar-refractivity contribution in [1.29, 1.82) is 0 Å². The Morgan fingerprint density at radius 3 is 3.00 bits per heavy atom. The van der Waals surface area contributed by atoms with Gasteiger partial charge in [-0.2, -0.15) is 0 Å². The molecule has 0 radical (unpaired) electrons. The van der Waals surface area contributed by atoms with E-state index in [1.165, 1.54) is 18.3 Å². The van der Waals surface area contributed by atoms with Crippen molar-refractivity contribution < 1.29 is 0 Å². The van der Waals surface area contributed by atoms with Gasteiger partial charge in [0.2, 0.25) is 0 Å². The van der Waals surface area contributed by atoms with Gasteiger partial charge in [0, 0.05) is 0 Å². The Morgan fingerprint density at radius 1 is 1.86 bits per heavy atom. The third-order valence-corrected chi connectivity index (χ3v) is 3.98. The Labute approximate surface area is 51.0 Å². The molecule has 1 N–H and O–H groups in total. The molecule has 1 nitrogen and oxygen atoms in total. The molecule has 0 bridgehead atoms. The van der Waals surface area contributed by atoms with E-state index >= 15 is 0 Å². The van der Waals surface area contributed by atoms with Gasteiger partial charge in [0.15, 0.2) is 0 Å². The molecule has 1 saturated heterocycles.